The summed E-state index contributed by atoms with van der Waals surface area (Å²) >= 11 is 0. The van der Waals surface area contributed by atoms with Gasteiger partial charge < -0.3 is 13.3 Å². The predicted molar refractivity (Wildman–Crippen MR) is 103 cm³/mol. The van der Waals surface area contributed by atoms with E-state index in [-0.39, 0.29) is 23.9 Å². The smallest absolute Gasteiger partial charge is 0.370 e. The van der Waals surface area contributed by atoms with Gasteiger partial charge in [0.25, 0.3) is 0 Å². The fraction of sp³-hybridized carbons (Fsp3) is 0.700. The second-order valence-corrected chi connectivity index (χ2v) is 9.53. The minimum absolute atomic E-state index is 0.107. The standard InChI is InChI=1S/C20H36O3Si/c1-8-16(4)21-24(22-17(5)9-2,23-18(6)10-3)19(7)20-14-12-11-13-15-20/h11-19H,8-10H2,1-7H3. The van der Waals surface area contributed by atoms with Gasteiger partial charge in [-0.15, -0.1) is 0 Å². The average Bonchev–Trinajstić information content (AvgIpc) is 2.61. The molecule has 1 aromatic carbocycles. The topological polar surface area (TPSA) is 27.7 Å². The van der Waals surface area contributed by atoms with Crippen molar-refractivity contribution in [3.8, 4) is 0 Å². The van der Waals surface area contributed by atoms with Gasteiger partial charge in [-0.25, -0.2) is 0 Å². The molecule has 0 N–H and O–H groups in total. The third-order valence-electron chi connectivity index (χ3n) is 4.65. The zero-order chi connectivity index (χ0) is 18.2. The highest BCUT2D eigenvalue weighted by molar-refractivity contribution is 6.62. The van der Waals surface area contributed by atoms with Crippen LogP contribution in [0.3, 0.4) is 0 Å². The van der Waals surface area contributed by atoms with Gasteiger partial charge in [0.05, 0.1) is 5.54 Å². The van der Waals surface area contributed by atoms with Gasteiger partial charge in [0.1, 0.15) is 0 Å². The lowest BCUT2D eigenvalue weighted by molar-refractivity contribution is -0.0168. The highest BCUT2D eigenvalue weighted by Gasteiger charge is 2.51. The molecule has 0 spiro atoms. The highest BCUT2D eigenvalue weighted by atomic mass is 28.4. The first kappa shape index (κ1) is 21.4. The minimum Gasteiger partial charge on any atom is -0.370 e. The lowest BCUT2D eigenvalue weighted by Gasteiger charge is -2.40. The molecule has 0 saturated carbocycles. The zero-order valence-corrected chi connectivity index (χ0v) is 17.5. The van der Waals surface area contributed by atoms with Crippen LogP contribution >= 0.6 is 0 Å². The van der Waals surface area contributed by atoms with Crippen molar-refractivity contribution < 1.29 is 13.3 Å². The van der Waals surface area contributed by atoms with E-state index in [1.54, 1.807) is 0 Å². The molecule has 0 aliphatic rings. The maximum Gasteiger partial charge on any atom is 0.509 e. The van der Waals surface area contributed by atoms with E-state index in [0.717, 1.165) is 19.3 Å². The van der Waals surface area contributed by atoms with Crippen LogP contribution in [-0.4, -0.2) is 27.1 Å². The SMILES string of the molecule is CCC(C)O[Si](OC(C)CC)(OC(C)CC)C(C)c1ccccc1. The lowest BCUT2D eigenvalue weighted by Crippen LogP contribution is -2.55. The van der Waals surface area contributed by atoms with E-state index in [2.05, 4.69) is 72.7 Å². The van der Waals surface area contributed by atoms with Crippen LogP contribution in [0.15, 0.2) is 30.3 Å². The van der Waals surface area contributed by atoms with Crippen LogP contribution < -0.4 is 0 Å². The molecule has 1 rings (SSSR count). The number of hydrogen-bond acceptors (Lipinski definition) is 3. The fourth-order valence-electron chi connectivity index (χ4n) is 2.43. The first-order valence-electron chi connectivity index (χ1n) is 9.46. The van der Waals surface area contributed by atoms with Crippen LogP contribution in [0.1, 0.15) is 78.8 Å². The van der Waals surface area contributed by atoms with E-state index in [1.807, 2.05) is 6.07 Å². The molecule has 4 atom stereocenters. The predicted octanol–water partition coefficient (Wildman–Crippen LogP) is 5.71. The second kappa shape index (κ2) is 10.3. The lowest BCUT2D eigenvalue weighted by atomic mass is 10.2. The van der Waals surface area contributed by atoms with Crippen molar-refractivity contribution in [3.05, 3.63) is 35.9 Å². The van der Waals surface area contributed by atoms with Gasteiger partial charge >= 0.3 is 8.80 Å². The Morgan fingerprint density at radius 1 is 0.708 bits per heavy atom. The molecule has 0 aliphatic carbocycles. The Labute approximate surface area is 150 Å². The van der Waals surface area contributed by atoms with Gasteiger partial charge in [0, 0.05) is 18.3 Å². The molecule has 0 bridgehead atoms. The summed E-state index contributed by atoms with van der Waals surface area (Å²) in [5.41, 5.74) is 1.33. The van der Waals surface area contributed by atoms with Crippen LogP contribution in [0.2, 0.25) is 0 Å². The molecule has 0 aliphatic heterocycles. The Hall–Kier alpha value is -0.683. The molecule has 0 amide bonds. The quantitative estimate of drug-likeness (QED) is 0.477. The van der Waals surface area contributed by atoms with Crippen LogP contribution in [-0.2, 0) is 13.3 Å². The van der Waals surface area contributed by atoms with Crippen molar-refractivity contribution in [1.82, 2.24) is 0 Å². The summed E-state index contributed by atoms with van der Waals surface area (Å²) in [6.45, 7) is 14.9. The van der Waals surface area contributed by atoms with Gasteiger partial charge in [-0.05, 0) is 45.6 Å². The minimum atomic E-state index is -2.89. The molecule has 4 heteroatoms. The summed E-state index contributed by atoms with van der Waals surface area (Å²) in [5.74, 6) is 0. The van der Waals surface area contributed by atoms with E-state index in [1.165, 1.54) is 5.56 Å². The van der Waals surface area contributed by atoms with Crippen molar-refractivity contribution in [2.75, 3.05) is 0 Å². The number of benzene rings is 1. The molecule has 0 radical (unpaired) electrons. The third kappa shape index (κ3) is 5.99. The van der Waals surface area contributed by atoms with E-state index in [4.69, 9.17) is 13.3 Å². The van der Waals surface area contributed by atoms with Crippen molar-refractivity contribution in [3.63, 3.8) is 0 Å². The molecule has 3 nitrogen and oxygen atoms in total. The average molecular weight is 353 g/mol. The maximum absolute atomic E-state index is 6.54. The fourth-order valence-corrected chi connectivity index (χ4v) is 5.99. The molecule has 0 heterocycles. The van der Waals surface area contributed by atoms with Crippen molar-refractivity contribution >= 4 is 8.80 Å². The molecule has 0 fully saturated rings. The third-order valence-corrected chi connectivity index (χ3v) is 8.24. The highest BCUT2D eigenvalue weighted by Crippen LogP contribution is 2.34. The van der Waals surface area contributed by atoms with Gasteiger partial charge in [-0.3, -0.25) is 0 Å². The zero-order valence-electron chi connectivity index (χ0n) is 16.5. The molecular weight excluding hydrogens is 316 g/mol. The summed E-state index contributed by atoms with van der Waals surface area (Å²) in [6.07, 6.45) is 3.21. The largest absolute Gasteiger partial charge is 0.509 e. The summed E-state index contributed by atoms with van der Waals surface area (Å²) in [6, 6.07) is 10.5. The van der Waals surface area contributed by atoms with Crippen molar-refractivity contribution in [1.29, 1.82) is 0 Å². The number of rotatable bonds is 11. The second-order valence-electron chi connectivity index (χ2n) is 6.75. The van der Waals surface area contributed by atoms with E-state index < -0.39 is 8.80 Å². The van der Waals surface area contributed by atoms with Gasteiger partial charge in [-0.2, -0.15) is 0 Å². The Morgan fingerprint density at radius 3 is 1.42 bits per heavy atom. The van der Waals surface area contributed by atoms with E-state index in [0.29, 0.717) is 0 Å². The molecule has 1 aromatic rings. The summed E-state index contributed by atoms with van der Waals surface area (Å²) < 4.78 is 19.6. The van der Waals surface area contributed by atoms with Gasteiger partial charge in [0.15, 0.2) is 0 Å². The van der Waals surface area contributed by atoms with Crippen LogP contribution in [0.25, 0.3) is 0 Å². The van der Waals surface area contributed by atoms with Gasteiger partial charge in [0.2, 0.25) is 0 Å². The van der Waals surface area contributed by atoms with Crippen molar-refractivity contribution in [2.45, 2.75) is 91.6 Å². The number of hydrogen-bond donors (Lipinski definition) is 0. The van der Waals surface area contributed by atoms with Gasteiger partial charge in [-0.1, -0.05) is 58.0 Å². The molecule has 4 unspecified atom stereocenters. The summed E-state index contributed by atoms with van der Waals surface area (Å²) in [5, 5.41) is 0. The Kier molecular flexibility index (Phi) is 9.20. The first-order valence-corrected chi connectivity index (χ1v) is 11.3. The normalized spacial score (nSPS) is 19.3. The monoisotopic (exact) mass is 352 g/mol. The molecule has 138 valence electrons. The van der Waals surface area contributed by atoms with Crippen LogP contribution in [0.5, 0.6) is 0 Å². The summed E-state index contributed by atoms with van der Waals surface area (Å²) in [4.78, 5) is 0. The first-order chi connectivity index (χ1) is 11.4. The van der Waals surface area contributed by atoms with E-state index in [9.17, 15) is 0 Å². The van der Waals surface area contributed by atoms with Crippen molar-refractivity contribution in [2.24, 2.45) is 0 Å². The molecule has 24 heavy (non-hydrogen) atoms. The van der Waals surface area contributed by atoms with Crippen LogP contribution in [0.4, 0.5) is 0 Å². The Bertz CT molecular complexity index is 420. The molecular formula is C20H36O3Si. The Balaban J connectivity index is 3.25. The van der Waals surface area contributed by atoms with Crippen LogP contribution in [0, 0.1) is 0 Å². The maximum atomic E-state index is 6.54. The molecule has 0 aromatic heterocycles. The molecule has 0 saturated heterocycles. The van der Waals surface area contributed by atoms with E-state index >= 15 is 0 Å². The Morgan fingerprint density at radius 2 is 1.08 bits per heavy atom. The summed E-state index contributed by atoms with van der Waals surface area (Å²) in [7, 11) is -2.89.